The van der Waals surface area contributed by atoms with Crippen molar-refractivity contribution in [2.24, 2.45) is 0 Å². The van der Waals surface area contributed by atoms with Crippen LogP contribution in [0.3, 0.4) is 0 Å². The molecule has 0 saturated carbocycles. The average Bonchev–Trinajstić information content (AvgIpc) is 3.02. The number of hydrogen-bond donors (Lipinski definition) is 1. The number of rotatable bonds is 5. The molecule has 0 amide bonds. The first-order valence-corrected chi connectivity index (χ1v) is 6.98. The van der Waals surface area contributed by atoms with Gasteiger partial charge in [-0.05, 0) is 44.5 Å². The Morgan fingerprint density at radius 2 is 2.05 bits per heavy atom. The first-order chi connectivity index (χ1) is 10.1. The third kappa shape index (κ3) is 3.13. The smallest absolute Gasteiger partial charge is 0.282 e. The Bertz CT molecular complexity index is 594. The maximum Gasteiger partial charge on any atom is 0.282 e. The molecule has 112 valence electrons. The normalized spacial score (nSPS) is 17.7. The minimum Gasteiger partial charge on any atom is -0.454 e. The number of ether oxygens (including phenoxy) is 4. The van der Waals surface area contributed by atoms with Gasteiger partial charge in [0.1, 0.15) is 5.76 Å². The van der Waals surface area contributed by atoms with E-state index >= 15 is 0 Å². The molecule has 21 heavy (non-hydrogen) atoms. The van der Waals surface area contributed by atoms with E-state index in [0.29, 0.717) is 25.3 Å². The topological polar surface area (TPSA) is 49.0 Å². The molecule has 0 unspecified atom stereocenters. The lowest BCUT2D eigenvalue weighted by Crippen LogP contribution is -2.30. The highest BCUT2D eigenvalue weighted by Crippen LogP contribution is 2.32. The molecule has 5 heteroatoms. The molecule has 0 bridgehead atoms. The summed E-state index contributed by atoms with van der Waals surface area (Å²) in [5, 5.41) is 3.42. The van der Waals surface area contributed by atoms with Gasteiger partial charge in [-0.3, -0.25) is 0 Å². The Morgan fingerprint density at radius 3 is 2.81 bits per heavy atom. The predicted molar refractivity (Wildman–Crippen MR) is 77.7 cm³/mol. The molecular formula is C16H19NO4. The molecule has 1 aromatic carbocycles. The van der Waals surface area contributed by atoms with Crippen LogP contribution in [0, 0.1) is 0 Å². The zero-order valence-corrected chi connectivity index (χ0v) is 12.3. The highest BCUT2D eigenvalue weighted by atomic mass is 16.7. The van der Waals surface area contributed by atoms with Crippen molar-refractivity contribution in [3.8, 4) is 11.5 Å². The van der Waals surface area contributed by atoms with Crippen molar-refractivity contribution >= 4 is 0 Å². The van der Waals surface area contributed by atoms with Crippen molar-refractivity contribution in [3.63, 3.8) is 0 Å². The van der Waals surface area contributed by atoms with E-state index in [1.54, 1.807) is 0 Å². The highest BCUT2D eigenvalue weighted by Gasteiger charge is 2.18. The van der Waals surface area contributed by atoms with E-state index in [4.69, 9.17) is 18.9 Å². The summed E-state index contributed by atoms with van der Waals surface area (Å²) in [5.74, 6) is 3.53. The lowest BCUT2D eigenvalue weighted by Gasteiger charge is -2.14. The van der Waals surface area contributed by atoms with Crippen LogP contribution in [0.4, 0.5) is 0 Å². The van der Waals surface area contributed by atoms with Crippen molar-refractivity contribution in [2.75, 3.05) is 13.3 Å². The molecule has 2 heterocycles. The van der Waals surface area contributed by atoms with Crippen molar-refractivity contribution in [1.82, 2.24) is 5.32 Å². The maximum absolute atomic E-state index is 5.40. The first-order valence-electron chi connectivity index (χ1n) is 6.98. The summed E-state index contributed by atoms with van der Waals surface area (Å²) < 4.78 is 21.4. The molecule has 0 spiro atoms. The molecule has 2 aliphatic heterocycles. The summed E-state index contributed by atoms with van der Waals surface area (Å²) in [6.45, 7) is 8.57. The summed E-state index contributed by atoms with van der Waals surface area (Å²) >= 11 is 0. The maximum atomic E-state index is 5.40. The summed E-state index contributed by atoms with van der Waals surface area (Å²) in [5.41, 5.74) is 1.21. The second kappa shape index (κ2) is 5.69. The van der Waals surface area contributed by atoms with Crippen molar-refractivity contribution < 1.29 is 18.9 Å². The first kappa shape index (κ1) is 13.8. The van der Waals surface area contributed by atoms with Crippen LogP contribution in [-0.2, 0) is 15.9 Å². The van der Waals surface area contributed by atoms with Crippen LogP contribution in [0.2, 0.25) is 0 Å². The van der Waals surface area contributed by atoms with E-state index in [0.717, 1.165) is 29.4 Å². The molecular weight excluding hydrogens is 270 g/mol. The zero-order chi connectivity index (χ0) is 14.8. The van der Waals surface area contributed by atoms with E-state index in [1.807, 2.05) is 19.1 Å². The van der Waals surface area contributed by atoms with Crippen LogP contribution in [0.1, 0.15) is 19.4 Å². The van der Waals surface area contributed by atoms with Gasteiger partial charge in [0.25, 0.3) is 5.95 Å². The number of benzene rings is 1. The van der Waals surface area contributed by atoms with Gasteiger partial charge in [0, 0.05) is 6.04 Å². The Balaban J connectivity index is 1.53. The summed E-state index contributed by atoms with van der Waals surface area (Å²) in [6, 6.07) is 6.34. The second-order valence-electron chi connectivity index (χ2n) is 5.23. The zero-order valence-electron chi connectivity index (χ0n) is 12.3. The van der Waals surface area contributed by atoms with E-state index in [9.17, 15) is 0 Å². The lowest BCUT2D eigenvalue weighted by atomic mass is 10.1. The van der Waals surface area contributed by atoms with Crippen LogP contribution >= 0.6 is 0 Å². The monoisotopic (exact) mass is 289 g/mol. The van der Waals surface area contributed by atoms with Gasteiger partial charge in [-0.2, -0.15) is 0 Å². The Kier molecular flexibility index (Phi) is 3.75. The van der Waals surface area contributed by atoms with Crippen LogP contribution in [0.5, 0.6) is 11.5 Å². The molecule has 0 aliphatic carbocycles. The van der Waals surface area contributed by atoms with E-state index in [2.05, 4.69) is 24.9 Å². The van der Waals surface area contributed by atoms with Gasteiger partial charge in [0.2, 0.25) is 6.79 Å². The summed E-state index contributed by atoms with van der Waals surface area (Å²) in [6.07, 6.45) is 0.894. The molecule has 5 nitrogen and oxygen atoms in total. The molecule has 0 radical (unpaired) electrons. The molecule has 3 rings (SSSR count). The van der Waals surface area contributed by atoms with Crippen molar-refractivity contribution in [3.05, 3.63) is 47.8 Å². The van der Waals surface area contributed by atoms with Gasteiger partial charge in [-0.25, -0.2) is 0 Å². The van der Waals surface area contributed by atoms with E-state index in [-0.39, 0.29) is 0 Å². The average molecular weight is 289 g/mol. The molecule has 0 aromatic heterocycles. The number of hydrogen-bond acceptors (Lipinski definition) is 5. The number of nitrogens with one attached hydrogen (secondary N) is 1. The van der Waals surface area contributed by atoms with Crippen molar-refractivity contribution in [1.29, 1.82) is 0 Å². The number of allylic oxidation sites excluding steroid dienone is 1. The lowest BCUT2D eigenvalue weighted by molar-refractivity contribution is 0.174. The fourth-order valence-electron chi connectivity index (χ4n) is 2.38. The summed E-state index contributed by atoms with van der Waals surface area (Å²) in [7, 11) is 0. The van der Waals surface area contributed by atoms with Gasteiger partial charge in [0.05, 0.1) is 6.54 Å². The largest absolute Gasteiger partial charge is 0.454 e. The van der Waals surface area contributed by atoms with E-state index in [1.165, 1.54) is 5.56 Å². The van der Waals surface area contributed by atoms with Crippen LogP contribution in [0.15, 0.2) is 42.2 Å². The van der Waals surface area contributed by atoms with Crippen LogP contribution < -0.4 is 14.8 Å². The third-order valence-corrected chi connectivity index (χ3v) is 3.49. The molecule has 1 atom stereocenters. The van der Waals surface area contributed by atoms with Gasteiger partial charge in [0.15, 0.2) is 17.3 Å². The Morgan fingerprint density at radius 1 is 1.24 bits per heavy atom. The Hall–Kier alpha value is -2.14. The van der Waals surface area contributed by atoms with Gasteiger partial charge in [-0.1, -0.05) is 6.07 Å². The summed E-state index contributed by atoms with van der Waals surface area (Å²) in [4.78, 5) is 0. The fraction of sp³-hybridized carbons (Fsp3) is 0.375. The molecule has 1 aromatic rings. The highest BCUT2D eigenvalue weighted by molar-refractivity contribution is 5.44. The minimum atomic E-state index is 0.295. The molecule has 0 saturated heterocycles. The minimum absolute atomic E-state index is 0.295. The van der Waals surface area contributed by atoms with Gasteiger partial charge >= 0.3 is 0 Å². The fourth-order valence-corrected chi connectivity index (χ4v) is 2.38. The predicted octanol–water partition coefficient (Wildman–Crippen LogP) is 2.69. The second-order valence-corrected chi connectivity index (χ2v) is 5.23. The number of fused-ring (bicyclic) bond motifs is 1. The quantitative estimate of drug-likeness (QED) is 0.903. The Labute approximate surface area is 124 Å². The van der Waals surface area contributed by atoms with Crippen molar-refractivity contribution in [2.45, 2.75) is 26.3 Å². The van der Waals surface area contributed by atoms with E-state index < -0.39 is 0 Å². The van der Waals surface area contributed by atoms with Gasteiger partial charge < -0.3 is 24.3 Å². The molecule has 2 aliphatic rings. The standard InChI is InChI=1S/C16H19NO4/c1-10(17-8-16-11(2)20-12(3)21-16)6-13-4-5-14-15(7-13)19-9-18-14/h4-5,7,10,17H,3,6,8-9H2,1-2H3/t10-/m0/s1. The SMILES string of the molecule is C=C1OC(C)=C(CN[C@@H](C)Cc2ccc3c(c2)OCO3)O1. The van der Waals surface area contributed by atoms with Crippen LogP contribution in [0.25, 0.3) is 0 Å². The molecule has 0 fully saturated rings. The molecule has 1 N–H and O–H groups in total. The van der Waals surface area contributed by atoms with Crippen LogP contribution in [-0.4, -0.2) is 19.4 Å². The third-order valence-electron chi connectivity index (χ3n) is 3.49. The van der Waals surface area contributed by atoms with Gasteiger partial charge in [-0.15, -0.1) is 0 Å².